The van der Waals surface area contributed by atoms with E-state index >= 15 is 0 Å². The van der Waals surface area contributed by atoms with Gasteiger partial charge in [0.15, 0.2) is 0 Å². The van der Waals surface area contributed by atoms with Gasteiger partial charge in [0, 0.05) is 43.0 Å². The van der Waals surface area contributed by atoms with Crippen LogP contribution in [0.2, 0.25) is 5.02 Å². The Kier molecular flexibility index (Phi) is 4.52. The SMILES string of the molecule is Clc1ccccc1COc1nccc(N2CCNCC2)n1. The van der Waals surface area contributed by atoms with Gasteiger partial charge in [0.1, 0.15) is 12.4 Å². The minimum absolute atomic E-state index is 0.366. The van der Waals surface area contributed by atoms with Crippen molar-refractivity contribution in [3.63, 3.8) is 0 Å². The van der Waals surface area contributed by atoms with Gasteiger partial charge in [0.05, 0.1) is 0 Å². The topological polar surface area (TPSA) is 50.3 Å². The summed E-state index contributed by atoms with van der Waals surface area (Å²) in [7, 11) is 0. The fourth-order valence-electron chi connectivity index (χ4n) is 2.23. The standard InChI is InChI=1S/C15H17ClN4O/c16-13-4-2-1-3-12(13)11-21-15-18-6-5-14(19-15)20-9-7-17-8-10-20/h1-6,17H,7-11H2. The Bertz CT molecular complexity index is 602. The molecule has 2 heterocycles. The number of hydrogen-bond acceptors (Lipinski definition) is 5. The average molecular weight is 305 g/mol. The van der Waals surface area contributed by atoms with Crippen molar-refractivity contribution in [3.8, 4) is 6.01 Å². The first-order valence-electron chi connectivity index (χ1n) is 6.98. The molecular weight excluding hydrogens is 288 g/mol. The molecule has 0 bridgehead atoms. The molecule has 21 heavy (non-hydrogen) atoms. The average Bonchev–Trinajstić information content (AvgIpc) is 2.55. The number of hydrogen-bond donors (Lipinski definition) is 1. The summed E-state index contributed by atoms with van der Waals surface area (Å²) in [6.07, 6.45) is 1.73. The highest BCUT2D eigenvalue weighted by Crippen LogP contribution is 2.18. The van der Waals surface area contributed by atoms with Crippen molar-refractivity contribution >= 4 is 17.4 Å². The Balaban J connectivity index is 1.67. The maximum atomic E-state index is 6.11. The predicted octanol–water partition coefficient (Wildman–Crippen LogP) is 2.12. The molecule has 0 unspecified atom stereocenters. The van der Waals surface area contributed by atoms with Gasteiger partial charge in [0.25, 0.3) is 0 Å². The van der Waals surface area contributed by atoms with E-state index in [1.165, 1.54) is 0 Å². The van der Waals surface area contributed by atoms with Crippen LogP contribution >= 0.6 is 11.6 Å². The van der Waals surface area contributed by atoms with Crippen LogP contribution < -0.4 is 15.0 Å². The second-order valence-corrected chi connectivity index (χ2v) is 5.22. The first-order chi connectivity index (χ1) is 10.3. The van der Waals surface area contributed by atoms with E-state index in [0.29, 0.717) is 17.6 Å². The Morgan fingerprint density at radius 1 is 1.19 bits per heavy atom. The number of nitrogens with zero attached hydrogens (tertiary/aromatic N) is 3. The van der Waals surface area contributed by atoms with E-state index in [9.17, 15) is 0 Å². The molecule has 1 aliphatic heterocycles. The van der Waals surface area contributed by atoms with Crippen LogP contribution in [0.25, 0.3) is 0 Å². The maximum Gasteiger partial charge on any atom is 0.318 e. The summed E-state index contributed by atoms with van der Waals surface area (Å²) in [4.78, 5) is 10.8. The van der Waals surface area contributed by atoms with Crippen molar-refractivity contribution in [1.29, 1.82) is 0 Å². The molecule has 5 nitrogen and oxygen atoms in total. The monoisotopic (exact) mass is 304 g/mol. The fourth-order valence-corrected chi connectivity index (χ4v) is 2.42. The van der Waals surface area contributed by atoms with Crippen molar-refractivity contribution < 1.29 is 4.74 Å². The summed E-state index contributed by atoms with van der Waals surface area (Å²) in [5.74, 6) is 0.903. The highest BCUT2D eigenvalue weighted by molar-refractivity contribution is 6.31. The van der Waals surface area contributed by atoms with E-state index < -0.39 is 0 Å². The molecule has 1 aromatic heterocycles. The molecule has 0 radical (unpaired) electrons. The number of ether oxygens (including phenoxy) is 1. The lowest BCUT2D eigenvalue weighted by molar-refractivity contribution is 0.280. The Labute approximate surface area is 128 Å². The molecule has 1 saturated heterocycles. The van der Waals surface area contributed by atoms with Gasteiger partial charge in [0.2, 0.25) is 0 Å². The molecule has 0 saturated carbocycles. The van der Waals surface area contributed by atoms with Gasteiger partial charge in [-0.25, -0.2) is 4.98 Å². The molecule has 1 aromatic carbocycles. The second kappa shape index (κ2) is 6.74. The zero-order valence-electron chi connectivity index (χ0n) is 11.6. The smallest absolute Gasteiger partial charge is 0.318 e. The van der Waals surface area contributed by atoms with E-state index in [1.54, 1.807) is 6.20 Å². The lowest BCUT2D eigenvalue weighted by Crippen LogP contribution is -2.43. The lowest BCUT2D eigenvalue weighted by atomic mass is 10.2. The van der Waals surface area contributed by atoms with E-state index in [-0.39, 0.29) is 0 Å². The van der Waals surface area contributed by atoms with Crippen molar-refractivity contribution in [2.45, 2.75) is 6.61 Å². The third-order valence-electron chi connectivity index (χ3n) is 3.37. The number of halogens is 1. The van der Waals surface area contributed by atoms with Crippen LogP contribution in [0, 0.1) is 0 Å². The van der Waals surface area contributed by atoms with Crippen LogP contribution in [0.3, 0.4) is 0 Å². The quantitative estimate of drug-likeness (QED) is 0.937. The Morgan fingerprint density at radius 3 is 2.81 bits per heavy atom. The molecule has 0 spiro atoms. The van der Waals surface area contributed by atoms with E-state index in [4.69, 9.17) is 16.3 Å². The van der Waals surface area contributed by atoms with Gasteiger partial charge in [-0.05, 0) is 12.1 Å². The zero-order chi connectivity index (χ0) is 14.5. The third-order valence-corrected chi connectivity index (χ3v) is 3.74. The van der Waals surface area contributed by atoms with Gasteiger partial charge in [-0.3, -0.25) is 0 Å². The number of piperazine rings is 1. The Hall–Kier alpha value is -1.85. The second-order valence-electron chi connectivity index (χ2n) is 4.81. The molecular formula is C15H17ClN4O. The molecule has 1 N–H and O–H groups in total. The molecule has 3 rings (SSSR count). The minimum atomic E-state index is 0.366. The van der Waals surface area contributed by atoms with Crippen LogP contribution in [0.5, 0.6) is 6.01 Å². The van der Waals surface area contributed by atoms with Crippen LogP contribution in [0.15, 0.2) is 36.5 Å². The molecule has 1 fully saturated rings. The number of aromatic nitrogens is 2. The highest BCUT2D eigenvalue weighted by atomic mass is 35.5. The molecule has 2 aromatic rings. The molecule has 0 aliphatic carbocycles. The first-order valence-corrected chi connectivity index (χ1v) is 7.35. The number of rotatable bonds is 4. The molecule has 0 atom stereocenters. The van der Waals surface area contributed by atoms with Gasteiger partial charge in [-0.15, -0.1) is 0 Å². The minimum Gasteiger partial charge on any atom is -0.458 e. The van der Waals surface area contributed by atoms with Crippen molar-refractivity contribution in [2.75, 3.05) is 31.1 Å². The zero-order valence-corrected chi connectivity index (χ0v) is 12.4. The Morgan fingerprint density at radius 2 is 2.00 bits per heavy atom. The number of nitrogens with one attached hydrogen (secondary N) is 1. The molecule has 6 heteroatoms. The molecule has 0 amide bonds. The molecule has 110 valence electrons. The first kappa shape index (κ1) is 14.1. The summed E-state index contributed by atoms with van der Waals surface area (Å²) in [5, 5.41) is 4.01. The number of anilines is 1. The number of benzene rings is 1. The van der Waals surface area contributed by atoms with Gasteiger partial charge >= 0.3 is 6.01 Å². The summed E-state index contributed by atoms with van der Waals surface area (Å²) in [5.41, 5.74) is 0.926. The van der Waals surface area contributed by atoms with Crippen LogP contribution in [-0.4, -0.2) is 36.1 Å². The fraction of sp³-hybridized carbons (Fsp3) is 0.333. The van der Waals surface area contributed by atoms with E-state index in [1.807, 2.05) is 30.3 Å². The van der Waals surface area contributed by atoms with Crippen molar-refractivity contribution in [1.82, 2.24) is 15.3 Å². The lowest BCUT2D eigenvalue weighted by Gasteiger charge is -2.28. The largest absolute Gasteiger partial charge is 0.458 e. The summed E-state index contributed by atoms with van der Waals surface area (Å²) in [6.45, 7) is 4.20. The van der Waals surface area contributed by atoms with E-state index in [2.05, 4.69) is 20.2 Å². The third kappa shape index (κ3) is 3.62. The van der Waals surface area contributed by atoms with Gasteiger partial charge < -0.3 is 15.0 Å². The van der Waals surface area contributed by atoms with Gasteiger partial charge in [-0.2, -0.15) is 4.98 Å². The normalized spacial score (nSPS) is 15.0. The summed E-state index contributed by atoms with van der Waals surface area (Å²) >= 11 is 6.11. The maximum absolute atomic E-state index is 6.11. The van der Waals surface area contributed by atoms with Crippen LogP contribution in [0.1, 0.15) is 5.56 Å². The van der Waals surface area contributed by atoms with Crippen molar-refractivity contribution in [3.05, 3.63) is 47.1 Å². The summed E-state index contributed by atoms with van der Waals surface area (Å²) in [6, 6.07) is 9.90. The van der Waals surface area contributed by atoms with Crippen molar-refractivity contribution in [2.24, 2.45) is 0 Å². The molecule has 1 aliphatic rings. The predicted molar refractivity (Wildman–Crippen MR) is 82.9 cm³/mol. The summed E-state index contributed by atoms with van der Waals surface area (Å²) < 4.78 is 5.66. The highest BCUT2D eigenvalue weighted by Gasteiger charge is 2.12. The van der Waals surface area contributed by atoms with Gasteiger partial charge in [-0.1, -0.05) is 29.8 Å². The van der Waals surface area contributed by atoms with Crippen LogP contribution in [-0.2, 0) is 6.61 Å². The van der Waals surface area contributed by atoms with Crippen LogP contribution in [0.4, 0.5) is 5.82 Å². The van der Waals surface area contributed by atoms with E-state index in [0.717, 1.165) is 37.6 Å².